The highest BCUT2D eigenvalue weighted by atomic mass is 32.1. The minimum Gasteiger partial charge on any atom is -0.492 e. The number of aromatic hydroxyl groups is 1. The zero-order valence-corrected chi connectivity index (χ0v) is 12.8. The van der Waals surface area contributed by atoms with Crippen molar-refractivity contribution in [1.82, 2.24) is 19.5 Å². The van der Waals surface area contributed by atoms with Crippen LogP contribution < -0.4 is 0 Å². The summed E-state index contributed by atoms with van der Waals surface area (Å²) in [4.78, 5) is 8.14. The number of rotatable bonds is 3. The van der Waals surface area contributed by atoms with E-state index in [0.717, 1.165) is 36.1 Å². The number of fused-ring (bicyclic) bond motifs is 1. The van der Waals surface area contributed by atoms with E-state index in [-0.39, 0.29) is 11.9 Å². The fraction of sp³-hybridized carbons (Fsp3) is 0.385. The molecular formula is C13H14N4O2S2. The molecule has 8 heteroatoms. The number of ether oxygens (including phenoxy) is 1. The largest absolute Gasteiger partial charge is 0.492 e. The van der Waals surface area contributed by atoms with Gasteiger partial charge in [0, 0.05) is 13.1 Å². The van der Waals surface area contributed by atoms with Gasteiger partial charge in [0.25, 0.3) is 0 Å². The van der Waals surface area contributed by atoms with Crippen molar-refractivity contribution in [3.8, 4) is 5.88 Å². The lowest BCUT2D eigenvalue weighted by Gasteiger charge is -2.33. The lowest BCUT2D eigenvalue weighted by atomic mass is 10.1. The molecule has 0 spiro atoms. The Labute approximate surface area is 129 Å². The van der Waals surface area contributed by atoms with E-state index in [0.29, 0.717) is 0 Å². The molecule has 0 saturated carbocycles. The van der Waals surface area contributed by atoms with Crippen molar-refractivity contribution in [2.45, 2.75) is 6.04 Å². The molecule has 3 aromatic heterocycles. The first-order valence-corrected chi connectivity index (χ1v) is 8.46. The Morgan fingerprint density at radius 2 is 2.19 bits per heavy atom. The zero-order chi connectivity index (χ0) is 14.2. The fourth-order valence-electron chi connectivity index (χ4n) is 2.67. The molecule has 1 aliphatic rings. The van der Waals surface area contributed by atoms with Crippen molar-refractivity contribution >= 4 is 27.6 Å². The maximum absolute atomic E-state index is 10.5. The topological polar surface area (TPSA) is 62.9 Å². The molecule has 4 rings (SSSR count). The number of hydrogen-bond acceptors (Lipinski definition) is 7. The van der Waals surface area contributed by atoms with E-state index in [9.17, 15) is 5.11 Å². The van der Waals surface area contributed by atoms with Crippen LogP contribution in [0.4, 0.5) is 0 Å². The number of nitrogens with zero attached hydrogens (tertiary/aromatic N) is 4. The third kappa shape index (κ3) is 2.24. The van der Waals surface area contributed by atoms with Gasteiger partial charge < -0.3 is 9.84 Å². The second-order valence-corrected chi connectivity index (χ2v) is 6.64. The van der Waals surface area contributed by atoms with Crippen LogP contribution in [0.1, 0.15) is 16.5 Å². The molecule has 3 aromatic rings. The number of morpholine rings is 1. The monoisotopic (exact) mass is 322 g/mol. The molecule has 0 aliphatic carbocycles. The SMILES string of the molecule is Oc1c([C@@H](c2ccsc2)N2CCOCC2)sc2ncnn12. The maximum atomic E-state index is 10.5. The molecule has 21 heavy (non-hydrogen) atoms. The van der Waals surface area contributed by atoms with E-state index in [1.807, 2.05) is 0 Å². The van der Waals surface area contributed by atoms with Gasteiger partial charge in [-0.15, -0.1) is 0 Å². The van der Waals surface area contributed by atoms with Gasteiger partial charge in [-0.25, -0.2) is 4.98 Å². The molecule has 0 unspecified atom stereocenters. The molecule has 110 valence electrons. The average Bonchev–Trinajstić information content (AvgIpc) is 3.22. The molecule has 4 heterocycles. The van der Waals surface area contributed by atoms with Crippen LogP contribution in [-0.2, 0) is 4.74 Å². The van der Waals surface area contributed by atoms with Crippen LogP contribution in [0.15, 0.2) is 23.2 Å². The van der Waals surface area contributed by atoms with Crippen molar-refractivity contribution < 1.29 is 9.84 Å². The van der Waals surface area contributed by atoms with Crippen molar-refractivity contribution in [1.29, 1.82) is 0 Å². The van der Waals surface area contributed by atoms with Gasteiger partial charge in [-0.3, -0.25) is 4.90 Å². The van der Waals surface area contributed by atoms with E-state index in [1.54, 1.807) is 11.3 Å². The Morgan fingerprint density at radius 3 is 2.90 bits per heavy atom. The molecule has 0 aromatic carbocycles. The third-order valence-corrected chi connectivity index (χ3v) is 5.44. The van der Waals surface area contributed by atoms with Crippen LogP contribution in [0.5, 0.6) is 5.88 Å². The van der Waals surface area contributed by atoms with Gasteiger partial charge in [-0.2, -0.15) is 21.0 Å². The summed E-state index contributed by atoms with van der Waals surface area (Å²) in [5.74, 6) is 0.190. The minimum absolute atomic E-state index is 0.0358. The Hall–Kier alpha value is -1.48. The van der Waals surface area contributed by atoms with E-state index >= 15 is 0 Å². The standard InChI is InChI=1S/C13H14N4O2S2/c18-12-11(21-13-14-8-15-17(12)13)10(9-1-6-20-7-9)16-2-4-19-5-3-16/h1,6-8,10,18H,2-5H2/t10-/m1/s1. The average molecular weight is 322 g/mol. The van der Waals surface area contributed by atoms with E-state index in [1.165, 1.54) is 27.7 Å². The second-order valence-electron chi connectivity index (χ2n) is 4.85. The summed E-state index contributed by atoms with van der Waals surface area (Å²) < 4.78 is 6.95. The van der Waals surface area contributed by atoms with Gasteiger partial charge in [0.2, 0.25) is 10.8 Å². The van der Waals surface area contributed by atoms with Gasteiger partial charge in [-0.1, -0.05) is 11.3 Å². The van der Waals surface area contributed by atoms with Gasteiger partial charge in [0.05, 0.1) is 24.1 Å². The quantitative estimate of drug-likeness (QED) is 0.799. The Morgan fingerprint density at radius 1 is 1.33 bits per heavy atom. The predicted molar refractivity (Wildman–Crippen MR) is 81.1 cm³/mol. The molecule has 0 amide bonds. The molecule has 1 N–H and O–H groups in total. The Balaban J connectivity index is 1.81. The number of aromatic nitrogens is 3. The van der Waals surface area contributed by atoms with Crippen molar-refractivity contribution in [3.63, 3.8) is 0 Å². The third-order valence-electron chi connectivity index (χ3n) is 3.66. The smallest absolute Gasteiger partial charge is 0.230 e. The summed E-state index contributed by atoms with van der Waals surface area (Å²) in [6.07, 6.45) is 1.46. The fourth-order valence-corrected chi connectivity index (χ4v) is 4.44. The summed E-state index contributed by atoms with van der Waals surface area (Å²) >= 11 is 3.16. The highest BCUT2D eigenvalue weighted by Crippen LogP contribution is 2.40. The summed E-state index contributed by atoms with van der Waals surface area (Å²) in [6.45, 7) is 3.16. The summed E-state index contributed by atoms with van der Waals surface area (Å²) in [5.41, 5.74) is 1.20. The van der Waals surface area contributed by atoms with Gasteiger partial charge in [0.1, 0.15) is 6.33 Å². The normalized spacial score (nSPS) is 18.3. The van der Waals surface area contributed by atoms with Crippen LogP contribution in [0.25, 0.3) is 4.96 Å². The molecule has 0 bridgehead atoms. The molecule has 1 fully saturated rings. The van der Waals surface area contributed by atoms with Gasteiger partial charge >= 0.3 is 0 Å². The Kier molecular flexibility index (Phi) is 3.38. The molecule has 1 atom stereocenters. The van der Waals surface area contributed by atoms with E-state index in [2.05, 4.69) is 31.8 Å². The Bertz CT molecular complexity index is 731. The number of thiazole rings is 1. The molecule has 6 nitrogen and oxygen atoms in total. The lowest BCUT2D eigenvalue weighted by molar-refractivity contribution is 0.0242. The molecule has 0 radical (unpaired) electrons. The van der Waals surface area contributed by atoms with Crippen molar-refractivity contribution in [2.75, 3.05) is 26.3 Å². The van der Waals surface area contributed by atoms with Crippen LogP contribution in [0, 0.1) is 0 Å². The van der Waals surface area contributed by atoms with Crippen LogP contribution in [0.2, 0.25) is 0 Å². The zero-order valence-electron chi connectivity index (χ0n) is 11.2. The first-order chi connectivity index (χ1) is 10.3. The minimum atomic E-state index is 0.0358. The number of hydrogen-bond donors (Lipinski definition) is 1. The predicted octanol–water partition coefficient (Wildman–Crippen LogP) is 1.98. The van der Waals surface area contributed by atoms with Crippen LogP contribution in [-0.4, -0.2) is 50.9 Å². The summed E-state index contributed by atoms with van der Waals surface area (Å²) in [7, 11) is 0. The highest BCUT2D eigenvalue weighted by Gasteiger charge is 2.30. The molecule has 1 aliphatic heterocycles. The molecule has 1 saturated heterocycles. The van der Waals surface area contributed by atoms with Gasteiger partial charge in [0.15, 0.2) is 0 Å². The van der Waals surface area contributed by atoms with Crippen LogP contribution >= 0.6 is 22.7 Å². The second kappa shape index (κ2) is 5.38. The highest BCUT2D eigenvalue weighted by molar-refractivity contribution is 7.17. The first-order valence-electron chi connectivity index (χ1n) is 6.70. The van der Waals surface area contributed by atoms with E-state index in [4.69, 9.17) is 4.74 Å². The summed E-state index contributed by atoms with van der Waals surface area (Å²) in [5, 5.41) is 18.8. The van der Waals surface area contributed by atoms with Gasteiger partial charge in [-0.05, 0) is 22.4 Å². The van der Waals surface area contributed by atoms with Crippen molar-refractivity contribution in [2.24, 2.45) is 0 Å². The first kappa shape index (κ1) is 13.2. The summed E-state index contributed by atoms with van der Waals surface area (Å²) in [6, 6.07) is 2.15. The number of thiophene rings is 1. The maximum Gasteiger partial charge on any atom is 0.230 e. The van der Waals surface area contributed by atoms with Crippen LogP contribution in [0.3, 0.4) is 0 Å². The molecular weight excluding hydrogens is 308 g/mol. The van der Waals surface area contributed by atoms with E-state index < -0.39 is 0 Å². The van der Waals surface area contributed by atoms with Crippen molar-refractivity contribution in [3.05, 3.63) is 33.6 Å². The lowest BCUT2D eigenvalue weighted by Crippen LogP contribution is -2.39.